The molecule has 0 aliphatic carbocycles. The molecule has 8 aromatic carbocycles. The first-order valence-corrected chi connectivity index (χ1v) is 35.2. The largest absolute Gasteiger partial charge is 0.493 e. The highest BCUT2D eigenvalue weighted by Gasteiger charge is 2.38. The molecule has 0 fully saturated rings. The lowest BCUT2D eigenvalue weighted by Crippen LogP contribution is -2.46. The predicted octanol–water partition coefficient (Wildman–Crippen LogP) is 13.9. The lowest BCUT2D eigenvalue weighted by molar-refractivity contribution is -0.140. The van der Waals surface area contributed by atoms with Gasteiger partial charge in [0.2, 0.25) is 0 Å². The summed E-state index contributed by atoms with van der Waals surface area (Å²) in [6.45, 7) is 8.96. The fourth-order valence-electron chi connectivity index (χ4n) is 12.2. The molecule has 24 nitrogen and oxygen atoms in total. The fourth-order valence-corrected chi connectivity index (χ4v) is 13.8. The Bertz CT molecular complexity index is 5090. The number of Topliss-reactive ketones (excluding diaryl/α,β-unsaturated/α-hetero) is 1. The molecule has 5 heterocycles. The molecule has 0 saturated heterocycles. The number of amides is 4. The van der Waals surface area contributed by atoms with Crippen LogP contribution in [0.5, 0.6) is 28.7 Å². The number of nitrogens with zero attached hydrogens (tertiary/aromatic N) is 7. The van der Waals surface area contributed by atoms with Crippen molar-refractivity contribution in [3.63, 3.8) is 0 Å². The third-order valence-electron chi connectivity index (χ3n) is 17.6. The molecular weight excluding hydrogens is 1340 g/mol. The monoisotopic (exact) mass is 1430 g/mol. The summed E-state index contributed by atoms with van der Waals surface area (Å²) >= 11 is 0. The molecule has 11 aromatic rings. The number of methoxy groups -OCH3 is 5. The van der Waals surface area contributed by atoms with E-state index in [0.717, 1.165) is 78.0 Å². The Hall–Kier alpha value is -11.8. The molecule has 0 spiro atoms. The quantitative estimate of drug-likeness (QED) is 0.0295. The molecule has 1 unspecified atom stereocenters. The van der Waals surface area contributed by atoms with E-state index >= 15 is 0 Å². The number of carbonyl (C=O) groups is 4. The van der Waals surface area contributed by atoms with E-state index in [1.165, 1.54) is 4.90 Å². The van der Waals surface area contributed by atoms with Gasteiger partial charge in [-0.05, 0) is 130 Å². The molecule has 0 bridgehead atoms. The van der Waals surface area contributed by atoms with E-state index in [9.17, 15) is 27.6 Å². The van der Waals surface area contributed by atoms with E-state index in [2.05, 4.69) is 47.4 Å². The number of ketones is 1. The molecule has 4 N–H and O–H groups in total. The van der Waals surface area contributed by atoms with E-state index < -0.39 is 21.8 Å². The van der Waals surface area contributed by atoms with Gasteiger partial charge in [-0.1, -0.05) is 96.1 Å². The highest BCUT2D eigenvalue weighted by Crippen LogP contribution is 2.42. The number of allylic oxidation sites excluding steroid dienone is 1. The Balaban J connectivity index is 0.000000150. The number of ether oxygens (including phenoxy) is 7. The van der Waals surface area contributed by atoms with Crippen LogP contribution < -0.4 is 45.0 Å². The minimum Gasteiger partial charge on any atom is -0.493 e. The van der Waals surface area contributed by atoms with Gasteiger partial charge in [0, 0.05) is 79.9 Å². The average molecular weight is 1430 g/mol. The molecule has 3 aromatic heterocycles. The number of fused-ring (bicyclic) bond motifs is 6. The summed E-state index contributed by atoms with van der Waals surface area (Å²) in [4.78, 5) is 65.3. The van der Waals surface area contributed by atoms with Crippen molar-refractivity contribution in [2.24, 2.45) is 14.1 Å². The van der Waals surface area contributed by atoms with E-state index in [0.29, 0.717) is 89.4 Å². The first-order valence-electron chi connectivity index (χ1n) is 33.6. The maximum Gasteiger partial charge on any atom is 0.338 e. The maximum absolute atomic E-state index is 13.0. The second kappa shape index (κ2) is 34.2. The number of aryl methyl sites for hydroxylation is 5. The van der Waals surface area contributed by atoms with Gasteiger partial charge < -0.3 is 63.9 Å². The second-order valence-electron chi connectivity index (χ2n) is 24.4. The average Bonchev–Trinajstić information content (AvgIpc) is 1.03. The molecular formula is C79H85N11O13S. The van der Waals surface area contributed by atoms with Crippen LogP contribution in [0, 0.1) is 13.8 Å². The van der Waals surface area contributed by atoms with Gasteiger partial charge in [0.05, 0.1) is 92.7 Å². The topological polar surface area (TPSA) is 280 Å². The van der Waals surface area contributed by atoms with Crippen LogP contribution in [0.1, 0.15) is 76.9 Å². The highest BCUT2D eigenvalue weighted by molar-refractivity contribution is 7.91. The van der Waals surface area contributed by atoms with Crippen molar-refractivity contribution in [1.29, 1.82) is 0 Å². The summed E-state index contributed by atoms with van der Waals surface area (Å²) in [5, 5.41) is 19.2. The van der Waals surface area contributed by atoms with Gasteiger partial charge in [-0.2, -0.15) is 5.10 Å². The van der Waals surface area contributed by atoms with Gasteiger partial charge in [0.15, 0.2) is 38.6 Å². The molecule has 540 valence electrons. The molecule has 4 amide bonds. The van der Waals surface area contributed by atoms with Gasteiger partial charge >= 0.3 is 18.0 Å². The molecule has 1 atom stereocenters. The number of carbonyl (C=O) groups excluding carboxylic acids is 4. The smallest absolute Gasteiger partial charge is 0.338 e. The number of hydrogen-bond acceptors (Lipinski definition) is 18. The number of hydrogen-bond donors (Lipinski definition) is 4. The first-order chi connectivity index (χ1) is 50.2. The Kier molecular flexibility index (Phi) is 24.6. The summed E-state index contributed by atoms with van der Waals surface area (Å²) in [5.41, 5.74) is 11.6. The van der Waals surface area contributed by atoms with Gasteiger partial charge in [-0.3, -0.25) is 9.48 Å². The Morgan fingerprint density at radius 1 is 0.673 bits per heavy atom. The summed E-state index contributed by atoms with van der Waals surface area (Å²) < 4.78 is 66.5. The Labute approximate surface area is 604 Å². The van der Waals surface area contributed by atoms with Crippen LogP contribution in [0.3, 0.4) is 0 Å². The number of nitrogens with one attached hydrogen (secondary N) is 4. The first kappa shape index (κ1) is 74.8. The summed E-state index contributed by atoms with van der Waals surface area (Å²) in [6.07, 6.45) is 3.13. The van der Waals surface area contributed by atoms with E-state index in [4.69, 9.17) is 33.2 Å². The Morgan fingerprint density at radius 2 is 1.35 bits per heavy atom. The van der Waals surface area contributed by atoms with Gasteiger partial charge in [-0.25, -0.2) is 37.8 Å². The fraction of sp³-hybridized carbons (Fsp3) is 0.266. The van der Waals surface area contributed by atoms with Crippen LogP contribution in [0.2, 0.25) is 0 Å². The number of urea groups is 2. The molecule has 2 aliphatic heterocycles. The highest BCUT2D eigenvalue weighted by atomic mass is 32.2. The number of imidazole rings is 1. The minimum atomic E-state index is -3.51. The van der Waals surface area contributed by atoms with Crippen LogP contribution in [0.25, 0.3) is 44.0 Å². The molecule has 0 radical (unpaired) electrons. The third-order valence-corrected chi connectivity index (χ3v) is 19.3. The zero-order valence-electron chi connectivity index (χ0n) is 60.2. The van der Waals surface area contributed by atoms with Crippen LogP contribution in [0.15, 0.2) is 186 Å². The molecule has 2 aliphatic rings. The lowest BCUT2D eigenvalue weighted by Gasteiger charge is -2.34. The summed E-state index contributed by atoms with van der Waals surface area (Å²) in [7, 11) is 9.75. The number of para-hydroxylation sites is 2. The number of esters is 1. The number of benzene rings is 8. The van der Waals surface area contributed by atoms with Crippen LogP contribution >= 0.6 is 0 Å². The SMILES string of the molecule is CCOc1ccc2ccccc2c1C1NC(=O)N(C)C(C)=C1C(=O)OCCOC.COc1ccc(CCCC(=O)c2nn(C)c3c2CS(=O)(=O)c2ccccc2-3)cc1OC.COc1ccc(Nc2ncnc3ccc(C)cc23)cc1OC.Cc1ccc(NC(=O)NCc2nc3ccccc3n2C)cc1. The maximum atomic E-state index is 13.0. The van der Waals surface area contributed by atoms with Crippen molar-refractivity contribution in [1.82, 2.24) is 44.8 Å². The molecule has 13 rings (SSSR count). The van der Waals surface area contributed by atoms with Gasteiger partial charge in [0.1, 0.15) is 36.0 Å². The zero-order chi connectivity index (χ0) is 74.2. The molecule has 104 heavy (non-hydrogen) atoms. The van der Waals surface area contributed by atoms with Crippen molar-refractivity contribution in [3.05, 3.63) is 221 Å². The minimum absolute atomic E-state index is 0.129. The lowest BCUT2D eigenvalue weighted by atomic mass is 9.90. The van der Waals surface area contributed by atoms with E-state index in [-0.39, 0.29) is 47.2 Å². The van der Waals surface area contributed by atoms with Crippen LogP contribution in [0.4, 0.5) is 26.8 Å². The number of anilines is 3. The Morgan fingerprint density at radius 3 is 2.08 bits per heavy atom. The van der Waals surface area contributed by atoms with E-state index in [1.54, 1.807) is 91.8 Å². The predicted molar refractivity (Wildman–Crippen MR) is 401 cm³/mol. The summed E-state index contributed by atoms with van der Waals surface area (Å²) in [6, 6.07) is 50.3. The standard InChI is InChI=1S/C23H24N2O5S.C22H26N2O5.C17H18N4O.C17H17N3O2/c1-25-23-16-8-4-5-10-21(16)31(27,28)14-17(23)22(24-25)18(26)9-6-7-15-11-12-19(29-2)20(13-15)30-3;1-5-28-17-11-10-15-8-6-7-9-16(15)19(17)20-18(21(25)29-13-12-27-4)14(2)24(3)22(26)23-20;1-12-7-9-13(10-8-12)19-17(22)18-11-16-20-14-5-3-4-6-15(14)21(16)2;1-11-4-6-14-13(8-11)17(19-10-18-14)20-12-5-7-15(21-2)16(9-12)22-3/h4-5,8,10-13H,6-7,9,14H2,1-3H3;6-11,20H,5,12-13H2,1-4H3,(H,23,26);3-10H,11H2,1-2H3,(H2,18,19,22);4-10H,1-3H3,(H,18,19,20). The summed E-state index contributed by atoms with van der Waals surface area (Å²) in [5.74, 6) is 4.02. The van der Waals surface area contributed by atoms with Crippen molar-refractivity contribution < 1.29 is 60.8 Å². The molecule has 25 heteroatoms. The van der Waals surface area contributed by atoms with Crippen molar-refractivity contribution in [3.8, 4) is 40.0 Å². The van der Waals surface area contributed by atoms with Crippen molar-refractivity contribution in [2.45, 2.75) is 70.2 Å². The van der Waals surface area contributed by atoms with Crippen LogP contribution in [-0.4, -0.2) is 129 Å². The third kappa shape index (κ3) is 17.4. The normalized spacial score (nSPS) is 13.3. The number of rotatable bonds is 21. The van der Waals surface area contributed by atoms with Crippen molar-refractivity contribution >= 4 is 83.6 Å². The second-order valence-corrected chi connectivity index (χ2v) is 26.4. The van der Waals surface area contributed by atoms with Crippen LogP contribution in [-0.2, 0) is 56.9 Å². The molecule has 0 saturated carbocycles. The number of aromatic nitrogens is 6. The van der Waals surface area contributed by atoms with E-state index in [1.807, 2.05) is 166 Å². The van der Waals surface area contributed by atoms with Crippen molar-refractivity contribution in [2.75, 3.05) is 73.1 Å². The van der Waals surface area contributed by atoms with Gasteiger partial charge in [-0.15, -0.1) is 0 Å². The van der Waals surface area contributed by atoms with Gasteiger partial charge in [0.25, 0.3) is 0 Å². The number of sulfone groups is 1. The zero-order valence-corrected chi connectivity index (χ0v) is 61.1.